The lowest BCUT2D eigenvalue weighted by molar-refractivity contribution is -0.142. The van der Waals surface area contributed by atoms with Crippen molar-refractivity contribution in [2.24, 2.45) is 0 Å². The third-order valence-electron chi connectivity index (χ3n) is 3.56. The van der Waals surface area contributed by atoms with Gasteiger partial charge in [-0.05, 0) is 33.6 Å². The van der Waals surface area contributed by atoms with Crippen molar-refractivity contribution in [1.29, 1.82) is 0 Å². The van der Waals surface area contributed by atoms with E-state index >= 15 is 0 Å². The van der Waals surface area contributed by atoms with Gasteiger partial charge in [0.25, 0.3) is 5.56 Å². The van der Waals surface area contributed by atoms with Crippen molar-refractivity contribution in [1.82, 2.24) is 9.55 Å². The minimum atomic E-state index is -1.16. The molecule has 0 aromatic carbocycles. The number of aromatic nitrogens is 2. The molecule has 6 heteroatoms. The fraction of sp³-hybridized carbons (Fsp3) is 0.615. The quantitative estimate of drug-likeness (QED) is 0.867. The molecule has 0 amide bonds. The highest BCUT2D eigenvalue weighted by molar-refractivity contribution is 5.82. The molecule has 1 aromatic rings. The first kappa shape index (κ1) is 13.6. The Kier molecular flexibility index (Phi) is 3.34. The maximum atomic E-state index is 12.4. The van der Waals surface area contributed by atoms with Gasteiger partial charge in [-0.15, -0.1) is 0 Å². The van der Waals surface area contributed by atoms with Gasteiger partial charge in [-0.2, -0.15) is 0 Å². The van der Waals surface area contributed by atoms with Gasteiger partial charge in [-0.1, -0.05) is 0 Å². The number of hydrogen-bond donors (Lipinski definition) is 1. The molecular weight excluding hydrogens is 246 g/mol. The Morgan fingerprint density at radius 1 is 1.58 bits per heavy atom. The number of likely N-dealkylation sites (N-methyl/N-ethyl adjacent to an activating group) is 1. The third-order valence-corrected chi connectivity index (χ3v) is 3.56. The fourth-order valence-electron chi connectivity index (χ4n) is 2.16. The van der Waals surface area contributed by atoms with Gasteiger partial charge < -0.3 is 14.6 Å². The van der Waals surface area contributed by atoms with E-state index in [9.17, 15) is 14.7 Å². The smallest absolute Gasteiger partial charge is 0.329 e. The molecular formula is C13H19N3O3. The van der Waals surface area contributed by atoms with Crippen LogP contribution in [0.15, 0.2) is 17.2 Å². The van der Waals surface area contributed by atoms with Gasteiger partial charge in [0.05, 0.1) is 0 Å². The topological polar surface area (TPSA) is 75.4 Å². The molecule has 0 saturated heterocycles. The van der Waals surface area contributed by atoms with Crippen molar-refractivity contribution in [3.8, 4) is 0 Å². The molecule has 1 aliphatic rings. The van der Waals surface area contributed by atoms with E-state index < -0.39 is 11.5 Å². The minimum Gasteiger partial charge on any atom is -0.480 e. The van der Waals surface area contributed by atoms with Crippen molar-refractivity contribution >= 4 is 11.8 Å². The normalized spacial score (nSPS) is 15.3. The first-order valence-electron chi connectivity index (χ1n) is 6.47. The van der Waals surface area contributed by atoms with Crippen LogP contribution in [0.1, 0.15) is 39.7 Å². The lowest BCUT2D eigenvalue weighted by Gasteiger charge is -2.34. The summed E-state index contributed by atoms with van der Waals surface area (Å²) in [7, 11) is 0. The highest BCUT2D eigenvalue weighted by Crippen LogP contribution is 2.33. The predicted octanol–water partition coefficient (Wildman–Crippen LogP) is 1.27. The summed E-state index contributed by atoms with van der Waals surface area (Å²) < 4.78 is 1.66. The van der Waals surface area contributed by atoms with Crippen LogP contribution >= 0.6 is 0 Å². The summed E-state index contributed by atoms with van der Waals surface area (Å²) in [6, 6.07) is 0.251. The molecule has 19 heavy (non-hydrogen) atoms. The zero-order valence-corrected chi connectivity index (χ0v) is 11.5. The molecule has 0 aliphatic heterocycles. The van der Waals surface area contributed by atoms with Gasteiger partial charge in [0.1, 0.15) is 5.54 Å². The van der Waals surface area contributed by atoms with Gasteiger partial charge in [0.2, 0.25) is 0 Å². The Morgan fingerprint density at radius 3 is 2.68 bits per heavy atom. The van der Waals surface area contributed by atoms with E-state index in [1.165, 1.54) is 4.90 Å². The highest BCUT2D eigenvalue weighted by Gasteiger charge is 2.36. The minimum absolute atomic E-state index is 0.207. The Balaban J connectivity index is 2.47. The molecule has 0 radical (unpaired) electrons. The van der Waals surface area contributed by atoms with Gasteiger partial charge in [0, 0.05) is 25.0 Å². The number of carboxylic acid groups (broad SMARTS) is 1. The number of carbonyl (C=O) groups is 1. The second-order valence-electron chi connectivity index (χ2n) is 5.30. The van der Waals surface area contributed by atoms with Crippen LogP contribution in [0.2, 0.25) is 0 Å². The maximum Gasteiger partial charge on any atom is 0.329 e. The summed E-state index contributed by atoms with van der Waals surface area (Å²) in [6.45, 7) is 5.39. The Labute approximate surface area is 111 Å². The molecule has 0 bridgehead atoms. The number of carboxylic acids is 1. The van der Waals surface area contributed by atoms with E-state index in [4.69, 9.17) is 0 Å². The molecule has 104 valence electrons. The largest absolute Gasteiger partial charge is 0.480 e. The Morgan fingerprint density at radius 2 is 2.21 bits per heavy atom. The summed E-state index contributed by atoms with van der Waals surface area (Å²) in [5, 5.41) is 9.31. The molecule has 0 unspecified atom stereocenters. The van der Waals surface area contributed by atoms with Gasteiger partial charge >= 0.3 is 5.97 Å². The zero-order valence-electron chi connectivity index (χ0n) is 11.5. The molecule has 1 aliphatic carbocycles. The van der Waals surface area contributed by atoms with Crippen molar-refractivity contribution in [2.45, 2.75) is 45.2 Å². The third kappa shape index (κ3) is 2.34. The van der Waals surface area contributed by atoms with Crippen LogP contribution in [0.3, 0.4) is 0 Å². The van der Waals surface area contributed by atoms with Crippen LogP contribution in [0.4, 0.5) is 5.82 Å². The van der Waals surface area contributed by atoms with Crippen LogP contribution < -0.4 is 10.5 Å². The van der Waals surface area contributed by atoms with Gasteiger partial charge in [0.15, 0.2) is 5.82 Å². The average molecular weight is 265 g/mol. The average Bonchev–Trinajstić information content (AvgIpc) is 3.16. The number of anilines is 1. The number of rotatable bonds is 5. The number of aliphatic carboxylic acids is 1. The zero-order chi connectivity index (χ0) is 14.2. The van der Waals surface area contributed by atoms with E-state index in [-0.39, 0.29) is 17.4 Å². The van der Waals surface area contributed by atoms with Crippen LogP contribution in [0.25, 0.3) is 0 Å². The SMILES string of the molecule is CCN(c1nccn(C2CC2)c1=O)C(C)(C)C(=O)O. The molecule has 1 saturated carbocycles. The first-order chi connectivity index (χ1) is 8.89. The van der Waals surface area contributed by atoms with E-state index in [2.05, 4.69) is 4.98 Å². The standard InChI is InChI=1S/C13H19N3O3/c1-4-16(13(2,3)12(18)19)10-11(17)15(8-7-14-10)9-5-6-9/h7-9H,4-6H2,1-3H3,(H,18,19). The molecule has 1 aromatic heterocycles. The highest BCUT2D eigenvalue weighted by atomic mass is 16.4. The predicted molar refractivity (Wildman–Crippen MR) is 71.5 cm³/mol. The Bertz CT molecular complexity index is 546. The first-order valence-corrected chi connectivity index (χ1v) is 6.47. The van der Waals surface area contributed by atoms with E-state index in [0.717, 1.165) is 12.8 Å². The van der Waals surface area contributed by atoms with Crippen LogP contribution in [-0.4, -0.2) is 32.7 Å². The lowest BCUT2D eigenvalue weighted by Crippen LogP contribution is -2.52. The van der Waals surface area contributed by atoms with Crippen LogP contribution in [0.5, 0.6) is 0 Å². The van der Waals surface area contributed by atoms with Crippen molar-refractivity contribution in [3.05, 3.63) is 22.7 Å². The van der Waals surface area contributed by atoms with Crippen LogP contribution in [0, 0.1) is 0 Å². The maximum absolute atomic E-state index is 12.4. The molecule has 2 rings (SSSR count). The molecule has 1 fully saturated rings. The molecule has 1 N–H and O–H groups in total. The lowest BCUT2D eigenvalue weighted by atomic mass is 10.0. The Hall–Kier alpha value is -1.85. The molecule has 1 heterocycles. The van der Waals surface area contributed by atoms with Crippen LogP contribution in [-0.2, 0) is 4.79 Å². The molecule has 0 spiro atoms. The summed E-state index contributed by atoms with van der Waals surface area (Å²) in [4.78, 5) is 29.4. The van der Waals surface area contributed by atoms with E-state index in [1.807, 2.05) is 6.92 Å². The molecule has 0 atom stereocenters. The number of nitrogens with zero attached hydrogens (tertiary/aromatic N) is 3. The second-order valence-corrected chi connectivity index (χ2v) is 5.30. The summed E-state index contributed by atoms with van der Waals surface area (Å²) in [5.74, 6) is -0.762. The number of hydrogen-bond acceptors (Lipinski definition) is 4. The van der Waals surface area contributed by atoms with E-state index in [0.29, 0.717) is 6.54 Å². The van der Waals surface area contributed by atoms with E-state index in [1.54, 1.807) is 30.8 Å². The summed E-state index contributed by atoms with van der Waals surface area (Å²) >= 11 is 0. The summed E-state index contributed by atoms with van der Waals surface area (Å²) in [5.41, 5.74) is -1.37. The second kappa shape index (κ2) is 4.68. The fourth-order valence-corrected chi connectivity index (χ4v) is 2.16. The molecule has 6 nitrogen and oxygen atoms in total. The monoisotopic (exact) mass is 265 g/mol. The van der Waals surface area contributed by atoms with Crippen molar-refractivity contribution < 1.29 is 9.90 Å². The van der Waals surface area contributed by atoms with Gasteiger partial charge in [-0.3, -0.25) is 4.79 Å². The van der Waals surface area contributed by atoms with Crippen molar-refractivity contribution in [3.63, 3.8) is 0 Å². The van der Waals surface area contributed by atoms with Gasteiger partial charge in [-0.25, -0.2) is 9.78 Å². The van der Waals surface area contributed by atoms with Crippen molar-refractivity contribution in [2.75, 3.05) is 11.4 Å². The summed E-state index contributed by atoms with van der Waals surface area (Å²) in [6.07, 6.45) is 5.23.